The minimum absolute atomic E-state index is 0.107. The molecule has 0 aliphatic rings. The second kappa shape index (κ2) is 66.6. The van der Waals surface area contributed by atoms with E-state index in [9.17, 15) is 43.2 Å². The third-order valence-corrected chi connectivity index (χ3v) is 19.5. The maximum atomic E-state index is 13.1. The molecule has 2 unspecified atom stereocenters. The standard InChI is InChI=1S/C76H148O17P2/c1-8-9-10-11-33-43-50-57-73(78)86-63-71(92-75(80)59-52-45-38-31-25-19-13-16-22-28-35-41-48-55-68(4)5)65-90-94(82,83)88-61-70(77)62-89-95(84,85)91-66-72(93-76(81)60-53-46-39-32-26-20-14-17-23-29-36-42-49-56-69(6)7)64-87-74(79)58-51-44-37-30-24-18-12-15-21-27-34-40-47-54-67(2)3/h67-72,77H,8-66H2,1-7H3,(H,82,83)(H,84,85)/t70-,71+,72+/m0/s1. The summed E-state index contributed by atoms with van der Waals surface area (Å²) in [4.78, 5) is 72.7. The van der Waals surface area contributed by atoms with Crippen molar-refractivity contribution in [1.82, 2.24) is 0 Å². The highest BCUT2D eigenvalue weighted by Gasteiger charge is 2.30. The van der Waals surface area contributed by atoms with Crippen LogP contribution in [0, 0.1) is 17.8 Å². The van der Waals surface area contributed by atoms with E-state index in [2.05, 4.69) is 48.5 Å². The zero-order valence-corrected chi connectivity index (χ0v) is 63.9. The molecule has 3 N–H and O–H groups in total. The number of rotatable bonds is 74. The first-order valence-electron chi connectivity index (χ1n) is 39.3. The number of ether oxygens (including phenoxy) is 4. The Hall–Kier alpha value is -1.94. The van der Waals surface area contributed by atoms with Gasteiger partial charge in [-0.2, -0.15) is 0 Å². The van der Waals surface area contributed by atoms with Gasteiger partial charge in [-0.1, -0.05) is 337 Å². The molecule has 564 valence electrons. The largest absolute Gasteiger partial charge is 0.472 e. The predicted molar refractivity (Wildman–Crippen MR) is 386 cm³/mol. The number of carbonyl (C=O) groups excluding carboxylic acids is 4. The van der Waals surface area contributed by atoms with Crippen molar-refractivity contribution in [2.45, 2.75) is 407 Å². The highest BCUT2D eigenvalue weighted by molar-refractivity contribution is 7.47. The molecule has 0 saturated heterocycles. The van der Waals surface area contributed by atoms with Gasteiger partial charge in [0.15, 0.2) is 12.2 Å². The number of aliphatic hydroxyl groups excluding tert-OH is 1. The van der Waals surface area contributed by atoms with Gasteiger partial charge < -0.3 is 33.8 Å². The number of carbonyl (C=O) groups is 4. The number of phosphoric acid groups is 2. The summed E-state index contributed by atoms with van der Waals surface area (Å²) < 4.78 is 68.4. The van der Waals surface area contributed by atoms with Crippen molar-refractivity contribution >= 4 is 39.5 Å². The third kappa shape index (κ3) is 70.3. The van der Waals surface area contributed by atoms with Crippen LogP contribution in [0.25, 0.3) is 0 Å². The number of esters is 4. The summed E-state index contributed by atoms with van der Waals surface area (Å²) in [6.45, 7) is 11.9. The number of unbranched alkanes of at least 4 members (excludes halogenated alkanes) is 42. The molecule has 19 heteroatoms. The Bertz CT molecular complexity index is 1850. The molecule has 0 aromatic carbocycles. The summed E-state index contributed by atoms with van der Waals surface area (Å²) in [5.74, 6) is 0.244. The number of phosphoric ester groups is 2. The first-order chi connectivity index (χ1) is 45.7. The Kier molecular flexibility index (Phi) is 65.2. The van der Waals surface area contributed by atoms with E-state index in [-0.39, 0.29) is 25.7 Å². The van der Waals surface area contributed by atoms with Crippen LogP contribution in [0.4, 0.5) is 0 Å². The Morgan fingerprint density at radius 3 is 0.716 bits per heavy atom. The zero-order valence-electron chi connectivity index (χ0n) is 62.1. The summed E-state index contributed by atoms with van der Waals surface area (Å²) in [6, 6.07) is 0. The molecule has 0 heterocycles. The first kappa shape index (κ1) is 93.1. The van der Waals surface area contributed by atoms with Gasteiger partial charge in [0, 0.05) is 25.7 Å². The fourth-order valence-electron chi connectivity index (χ4n) is 11.6. The average Bonchev–Trinajstić information content (AvgIpc) is 1.63. The van der Waals surface area contributed by atoms with Gasteiger partial charge in [0.05, 0.1) is 26.4 Å². The van der Waals surface area contributed by atoms with Gasteiger partial charge in [-0.15, -0.1) is 0 Å². The van der Waals surface area contributed by atoms with Crippen LogP contribution in [0.1, 0.15) is 389 Å². The van der Waals surface area contributed by atoms with Crippen molar-refractivity contribution in [3.05, 3.63) is 0 Å². The lowest BCUT2D eigenvalue weighted by Gasteiger charge is -2.21. The van der Waals surface area contributed by atoms with Gasteiger partial charge >= 0.3 is 39.5 Å². The fraction of sp³-hybridized carbons (Fsp3) is 0.947. The SMILES string of the molecule is CCCCCCCCCC(=O)OC[C@H](COP(=O)(O)OC[C@H](O)COP(=O)(O)OC[C@@H](COC(=O)CCCCCCCCCCCCCCCC(C)C)OC(=O)CCCCCCCCCCCCCCCC(C)C)OC(=O)CCCCCCCCCCCCCCCC(C)C. The molecule has 0 fully saturated rings. The normalized spacial score (nSPS) is 14.1. The Labute approximate surface area is 581 Å². The molecule has 17 nitrogen and oxygen atoms in total. The van der Waals surface area contributed by atoms with Crippen molar-refractivity contribution in [3.63, 3.8) is 0 Å². The number of hydrogen-bond donors (Lipinski definition) is 3. The summed E-state index contributed by atoms with van der Waals surface area (Å²) in [6.07, 6.45) is 52.8. The minimum Gasteiger partial charge on any atom is -0.462 e. The predicted octanol–water partition coefficient (Wildman–Crippen LogP) is 22.2. The molecular formula is C76H148O17P2. The van der Waals surface area contributed by atoms with Crippen LogP contribution in [0.3, 0.4) is 0 Å². The monoisotopic (exact) mass is 1400 g/mol. The van der Waals surface area contributed by atoms with Crippen LogP contribution in [0.5, 0.6) is 0 Å². The molecule has 95 heavy (non-hydrogen) atoms. The van der Waals surface area contributed by atoms with Crippen LogP contribution in [-0.4, -0.2) is 96.7 Å². The van der Waals surface area contributed by atoms with Crippen molar-refractivity contribution in [1.29, 1.82) is 0 Å². The smallest absolute Gasteiger partial charge is 0.462 e. The Balaban J connectivity index is 5.20. The molecule has 0 aromatic rings. The van der Waals surface area contributed by atoms with Gasteiger partial charge in [0.1, 0.15) is 19.3 Å². The third-order valence-electron chi connectivity index (χ3n) is 17.6. The summed E-state index contributed by atoms with van der Waals surface area (Å²) in [5.41, 5.74) is 0. The molecule has 0 bridgehead atoms. The topological polar surface area (TPSA) is 237 Å². The maximum absolute atomic E-state index is 13.1. The maximum Gasteiger partial charge on any atom is 0.472 e. The molecule has 0 saturated carbocycles. The molecule has 0 spiro atoms. The van der Waals surface area contributed by atoms with E-state index >= 15 is 0 Å². The average molecular weight is 1400 g/mol. The van der Waals surface area contributed by atoms with Gasteiger partial charge in [-0.25, -0.2) is 9.13 Å². The van der Waals surface area contributed by atoms with Crippen molar-refractivity contribution < 1.29 is 80.2 Å². The molecule has 0 aromatic heterocycles. The molecule has 0 aliphatic carbocycles. The number of aliphatic hydroxyl groups is 1. The minimum atomic E-state index is -4.96. The van der Waals surface area contributed by atoms with Crippen LogP contribution in [0.15, 0.2) is 0 Å². The molecule has 0 rings (SSSR count). The Morgan fingerprint density at radius 1 is 0.284 bits per heavy atom. The van der Waals surface area contributed by atoms with Gasteiger partial charge in [-0.05, 0) is 43.4 Å². The van der Waals surface area contributed by atoms with Crippen LogP contribution in [-0.2, 0) is 65.4 Å². The molecular weight excluding hydrogens is 1250 g/mol. The van der Waals surface area contributed by atoms with Crippen LogP contribution in [0.2, 0.25) is 0 Å². The molecule has 0 radical (unpaired) electrons. The van der Waals surface area contributed by atoms with Gasteiger partial charge in [-0.3, -0.25) is 37.3 Å². The van der Waals surface area contributed by atoms with E-state index in [1.165, 1.54) is 186 Å². The van der Waals surface area contributed by atoms with Crippen molar-refractivity contribution in [3.8, 4) is 0 Å². The van der Waals surface area contributed by atoms with Gasteiger partial charge in [0.25, 0.3) is 0 Å². The van der Waals surface area contributed by atoms with Gasteiger partial charge in [0.2, 0.25) is 0 Å². The Morgan fingerprint density at radius 2 is 0.484 bits per heavy atom. The van der Waals surface area contributed by atoms with E-state index < -0.39 is 97.5 Å². The highest BCUT2D eigenvalue weighted by Crippen LogP contribution is 2.45. The lowest BCUT2D eigenvalue weighted by atomic mass is 10.0. The lowest BCUT2D eigenvalue weighted by molar-refractivity contribution is -0.161. The second-order valence-electron chi connectivity index (χ2n) is 28.8. The molecule has 0 aliphatic heterocycles. The summed E-state index contributed by atoms with van der Waals surface area (Å²) >= 11 is 0. The second-order valence-corrected chi connectivity index (χ2v) is 31.7. The highest BCUT2D eigenvalue weighted by atomic mass is 31.2. The number of hydrogen-bond acceptors (Lipinski definition) is 15. The van der Waals surface area contributed by atoms with Crippen LogP contribution >= 0.6 is 15.6 Å². The van der Waals surface area contributed by atoms with Crippen LogP contribution < -0.4 is 0 Å². The van der Waals surface area contributed by atoms with E-state index in [0.29, 0.717) is 25.7 Å². The molecule has 0 amide bonds. The fourth-order valence-corrected chi connectivity index (χ4v) is 13.2. The van der Waals surface area contributed by atoms with Crippen molar-refractivity contribution in [2.75, 3.05) is 39.6 Å². The molecule has 5 atom stereocenters. The van der Waals surface area contributed by atoms with E-state index in [4.69, 9.17) is 37.0 Å². The van der Waals surface area contributed by atoms with E-state index in [1.54, 1.807) is 0 Å². The van der Waals surface area contributed by atoms with E-state index in [0.717, 1.165) is 120 Å². The summed E-state index contributed by atoms with van der Waals surface area (Å²) in [7, 11) is -9.91. The zero-order chi connectivity index (χ0) is 70.1. The summed E-state index contributed by atoms with van der Waals surface area (Å²) in [5, 5.41) is 10.6. The quantitative estimate of drug-likeness (QED) is 0.0222. The van der Waals surface area contributed by atoms with Crippen molar-refractivity contribution in [2.24, 2.45) is 17.8 Å². The first-order valence-corrected chi connectivity index (χ1v) is 42.3. The lowest BCUT2D eigenvalue weighted by Crippen LogP contribution is -2.30. The van der Waals surface area contributed by atoms with E-state index in [1.807, 2.05) is 0 Å².